The van der Waals surface area contributed by atoms with Gasteiger partial charge < -0.3 is 139 Å². The van der Waals surface area contributed by atoms with Gasteiger partial charge in [0.15, 0.2) is 150 Å². The summed E-state index contributed by atoms with van der Waals surface area (Å²) in [5.41, 5.74) is 35.2. The number of hydrogen-bond acceptors (Lipinski definition) is 51. The molecule has 6 radical (unpaired) electrons. The van der Waals surface area contributed by atoms with E-state index in [1.54, 1.807) is 0 Å². The summed E-state index contributed by atoms with van der Waals surface area (Å²) in [6, 6.07) is 0. The van der Waals surface area contributed by atoms with Gasteiger partial charge in [-0.3, -0.25) is 55.4 Å². The summed E-state index contributed by atoms with van der Waals surface area (Å²) in [4.78, 5) is 109. The van der Waals surface area contributed by atoms with Crippen molar-refractivity contribution < 1.29 is 137 Å². The van der Waals surface area contributed by atoms with Crippen LogP contribution in [0.5, 0.6) is 0 Å². The van der Waals surface area contributed by atoms with Crippen molar-refractivity contribution in [3.8, 4) is 0 Å². The number of H-pyrrole nitrogens is 1. The van der Waals surface area contributed by atoms with Gasteiger partial charge in [-0.05, 0) is 0 Å². The molecule has 0 aliphatic carbocycles. The fourth-order valence-electron chi connectivity index (χ4n) is 15.6. The summed E-state index contributed by atoms with van der Waals surface area (Å²) in [6.07, 6.45) is -27.3. The average molecular weight is 2030 g/mol. The summed E-state index contributed by atoms with van der Waals surface area (Å²) >= 11 is 15.1. The molecule has 12 aromatic heterocycles. The summed E-state index contributed by atoms with van der Waals surface area (Å²) < 4.78 is 255. The van der Waals surface area contributed by atoms with E-state index in [0.29, 0.717) is 0 Å². The van der Waals surface area contributed by atoms with Crippen LogP contribution >= 0.6 is 42.7 Å². The molecule has 0 aromatic carbocycles. The van der Waals surface area contributed by atoms with Crippen molar-refractivity contribution in [2.75, 3.05) is 74.0 Å². The molecular weight excluding hydrogens is 1970 g/mol. The Hall–Kier alpha value is -8.56. The highest BCUT2D eigenvalue weighted by molar-refractivity contribution is 8.32. The zero-order valence-electron chi connectivity index (χ0n) is 66.3. The van der Waals surface area contributed by atoms with Crippen molar-refractivity contribution in [1.82, 2.24) is 117 Å². The Morgan fingerprint density at radius 1 is 0.346 bits per heavy atom. The van der Waals surface area contributed by atoms with Gasteiger partial charge in [0.05, 0.1) is 77.6 Å². The van der Waals surface area contributed by atoms with Crippen molar-refractivity contribution in [1.29, 1.82) is 0 Å². The summed E-state index contributed by atoms with van der Waals surface area (Å²) in [6.45, 7) is -17.9. The zero-order valence-corrected chi connectivity index (χ0v) is 74.1. The Morgan fingerprint density at radius 3 is 0.842 bits per heavy atom. The molecule has 0 saturated carbocycles. The number of anilines is 6. The minimum atomic E-state index is -4.63. The number of halogens is 6. The highest BCUT2D eigenvalue weighted by Gasteiger charge is 2.58. The molecule has 702 valence electrons. The molecular formula is C60H60B3F6N30O25P6S3-3. The molecule has 13 N–H and O–H groups in total. The van der Waals surface area contributed by atoms with E-state index in [9.17, 15) is 32.8 Å². The first kappa shape index (κ1) is 93.5. The van der Waals surface area contributed by atoms with Crippen LogP contribution in [0, 0.1) is 0 Å². The Kier molecular flexibility index (Phi) is 25.1. The monoisotopic (exact) mass is 2030 g/mol. The average Bonchev–Trinajstić information content (AvgIpc) is 1.62. The van der Waals surface area contributed by atoms with E-state index in [2.05, 4.69) is 89.7 Å². The minimum absolute atomic E-state index is 0.0266. The number of aromatic amines is 1. The van der Waals surface area contributed by atoms with E-state index < -0.39 is 236 Å². The quantitative estimate of drug-likeness (QED) is 0.0509. The molecule has 133 heavy (non-hydrogen) atoms. The Bertz CT molecular complexity index is 6370. The van der Waals surface area contributed by atoms with Crippen molar-refractivity contribution in [2.45, 2.75) is 148 Å². The molecule has 0 bridgehead atoms. The first-order valence-corrected chi connectivity index (χ1v) is 50.9. The summed E-state index contributed by atoms with van der Waals surface area (Å²) in [5.74, 6) is -0.0958. The minimum Gasteiger partial charge on any atom is -0.780 e. The van der Waals surface area contributed by atoms with Gasteiger partial charge in [0.2, 0.25) is 28.6 Å². The maximum atomic E-state index is 16.0. The van der Waals surface area contributed by atoms with Crippen LogP contribution in [-0.2, 0) is 137 Å². The van der Waals surface area contributed by atoms with Gasteiger partial charge in [0.25, 0.3) is 28.0 Å². The smallest absolute Gasteiger partial charge is 0.280 e. The topological polar surface area (TPSA) is 718 Å². The first-order valence-electron chi connectivity index (χ1n) is 38.4. The molecule has 9 aliphatic heterocycles. The number of ether oxygens (including phenoxy) is 6. The van der Waals surface area contributed by atoms with E-state index >= 15 is 26.3 Å². The molecule has 73 heteroatoms. The molecule has 0 spiro atoms. The van der Waals surface area contributed by atoms with E-state index in [-0.39, 0.29) is 102 Å². The third kappa shape index (κ3) is 18.1. The second-order valence-corrected chi connectivity index (χ2v) is 42.7. The highest BCUT2D eigenvalue weighted by Crippen LogP contribution is 2.59. The fourth-order valence-corrected chi connectivity index (χ4v) is 22.9. The number of imidazole rings is 6. The van der Waals surface area contributed by atoms with Crippen LogP contribution in [-0.4, -0.2) is 290 Å². The predicted octanol–water partition coefficient (Wildman–Crippen LogP) is 0.304. The van der Waals surface area contributed by atoms with Gasteiger partial charge in [-0.25, -0.2) is 106 Å². The molecule has 10 unspecified atom stereocenters. The number of aromatic nitrogens is 24. The lowest BCUT2D eigenvalue weighted by atomic mass is 10.1. The van der Waals surface area contributed by atoms with Crippen LogP contribution in [0.2, 0.25) is 0 Å². The normalized spacial score (nSPS) is 38.1. The van der Waals surface area contributed by atoms with Crippen molar-refractivity contribution in [3.63, 3.8) is 0 Å². The molecule has 55 nitrogen and oxygen atoms in total. The number of rotatable bonds is 6. The van der Waals surface area contributed by atoms with Gasteiger partial charge in [0, 0.05) is 0 Å². The van der Waals surface area contributed by atoms with E-state index in [1.807, 2.05) is 0 Å². The lowest BCUT2D eigenvalue weighted by molar-refractivity contribution is -0.218. The van der Waals surface area contributed by atoms with Crippen molar-refractivity contribution >= 4 is 203 Å². The fraction of sp³-hybridized carbons (Fsp3) is 0.500. The molecule has 9 aliphatic rings. The van der Waals surface area contributed by atoms with Gasteiger partial charge >= 0.3 is 0 Å². The van der Waals surface area contributed by atoms with E-state index in [4.69, 9.17) is 176 Å². The molecule has 30 atom stereocenters. The molecule has 9 saturated heterocycles. The van der Waals surface area contributed by atoms with Crippen molar-refractivity contribution in [3.05, 3.63) is 80.0 Å². The Balaban J connectivity index is 0.000000129. The second-order valence-electron chi connectivity index (χ2n) is 29.9. The molecule has 9 fully saturated rings. The van der Waals surface area contributed by atoms with Crippen LogP contribution in [0.1, 0.15) is 37.4 Å². The standard InChI is InChI=1S/C20H21BF2N10O9P2S.2C20H21BF2N10O8P2S/c21-43(35)37-1-6-13(9(23)19(39-6)33-5-29-11-16(33)30-20(25)31-17(11)34)42-44(36,45)38-2-7-12(41-43)8(22)18(40-7)32-4-28-10-14(24)26-3-27-15(10)32;2*21-42(34)36-1-7-14(10(23)20(38-7)33-6-31-12-16(25)27-4-29-18(12)33)41-43(35,44)37-2-8-13(40-42)9(22)19(39-8)32-5-30-11-15(24)26-3-28-17(11)32/h3-9,12-13,18-19H,1-2H2,(H,36,45)(H2,24,26,27)(H3,25,30,31,34);2*3-10,13-14,19-20H,1-2H2,(H,35,44)(H2,24,26,28)(H2,25,27,29)/p-3/t6-,7-,8+,9+,12?,13?,18-,19-,43?,44?;7-,8-,9+,10+,13?,14?,19-,20-,42+,43?;7-,8-,9+,10+,13?,14?,19-,20-,42-,43?/m111/s1. The number of nitrogens with zero attached hydrogens (tertiary/aromatic N) is 23. The third-order valence-corrected chi connectivity index (χ3v) is 29.4. The van der Waals surface area contributed by atoms with Crippen LogP contribution in [0.15, 0.2) is 74.4 Å². The maximum absolute atomic E-state index is 16.0. The van der Waals surface area contributed by atoms with Crippen LogP contribution in [0.25, 0.3) is 67.0 Å². The van der Waals surface area contributed by atoms with Gasteiger partial charge in [-0.1, -0.05) is 23.6 Å². The van der Waals surface area contributed by atoms with Crippen LogP contribution in [0.4, 0.5) is 61.4 Å². The van der Waals surface area contributed by atoms with E-state index in [1.165, 1.54) is 54.5 Å². The largest absolute Gasteiger partial charge is 0.780 e. The maximum Gasteiger partial charge on any atom is 0.280 e. The lowest BCUT2D eigenvalue weighted by Gasteiger charge is -2.35. The molecule has 0 amide bonds. The summed E-state index contributed by atoms with van der Waals surface area (Å²) in [7, 11) is 3.65. The highest BCUT2D eigenvalue weighted by atomic mass is 32.7. The number of alkyl halides is 6. The SMILES string of the molecule is [B]P1(=O)OC[C@H]2O[C@@H](n3cnc4c(=O)[nH]c(N)nc43)[C@@H](F)C2OP([O-])(=S)OC[C@H]2O[C@@H](n3cnc4c(N)ncnc43)[C@@H](F)C2O1.[B][P@@]1(=O)OC[C@H]2O[C@@H](n3cnc4c(N)ncnc43)[C@@H](F)C2OP(=O)([S-])OC[C@H]2O[C@@H](n3cnc4c(N)ncnc43)[C@@H](F)C2O1.[B][P@]1(=O)OC[C@H]2O[C@@H](n3cnc4c(N)ncnc43)[C@@H](F)C2OP([O-])(=S)OC[C@H]2O[C@@H](n3cnc4c(N)ncnc43)[C@@H](F)C2O1. The van der Waals surface area contributed by atoms with Gasteiger partial charge in [-0.2, -0.15) is 4.98 Å². The van der Waals surface area contributed by atoms with Gasteiger partial charge in [-0.15, -0.1) is 0 Å². The second kappa shape index (κ2) is 35.8. The predicted molar refractivity (Wildman–Crippen MR) is 443 cm³/mol. The molecule has 21 heterocycles. The Labute approximate surface area is 755 Å². The first-order chi connectivity index (χ1) is 63.2. The van der Waals surface area contributed by atoms with Crippen molar-refractivity contribution in [2.24, 2.45) is 0 Å². The third-order valence-electron chi connectivity index (χ3n) is 21.6. The Morgan fingerprint density at radius 2 is 0.571 bits per heavy atom. The van der Waals surface area contributed by atoms with E-state index in [0.717, 1.165) is 42.5 Å². The van der Waals surface area contributed by atoms with Gasteiger partial charge in [0.1, 0.15) is 146 Å². The zero-order chi connectivity index (χ0) is 93.8. The number of fused-ring (bicyclic) bond motifs is 12. The van der Waals surface area contributed by atoms with Crippen LogP contribution < -0.4 is 49.7 Å². The number of nitrogen functional groups attached to an aromatic ring is 6. The summed E-state index contributed by atoms with van der Waals surface area (Å²) in [5, 5.41) is 0. The van der Waals surface area contributed by atoms with Crippen LogP contribution in [0.3, 0.4) is 0 Å². The molecule has 12 aromatic rings. The number of nitrogens with two attached hydrogens (primary N) is 6. The lowest BCUT2D eigenvalue weighted by Crippen LogP contribution is -2.38. The number of hydrogen-bond donors (Lipinski definition) is 7. The molecule has 21 rings (SSSR count). The number of nitrogens with one attached hydrogen (secondary N) is 1.